The van der Waals surface area contributed by atoms with Crippen LogP contribution in [0.2, 0.25) is 0 Å². The molecule has 9 heavy (non-hydrogen) atoms. The summed E-state index contributed by atoms with van der Waals surface area (Å²) in [6.45, 7) is 3.51. The van der Waals surface area contributed by atoms with Crippen molar-refractivity contribution in [3.8, 4) is 0 Å². The fourth-order valence-electron chi connectivity index (χ4n) is 0.146. The Bertz CT molecular complexity index is 96.6. The van der Waals surface area contributed by atoms with Gasteiger partial charge >= 0.3 is 0 Å². The van der Waals surface area contributed by atoms with E-state index in [0.29, 0.717) is 0 Å². The summed E-state index contributed by atoms with van der Waals surface area (Å²) in [4.78, 5) is 0. The molecule has 0 radical (unpaired) electrons. The van der Waals surface area contributed by atoms with Gasteiger partial charge in [0.25, 0.3) is 0 Å². The Labute approximate surface area is 69.0 Å². The average Bonchev–Trinajstić information content (AvgIpc) is 1.66. The van der Waals surface area contributed by atoms with Crippen LogP contribution in [0.25, 0.3) is 0 Å². The Hall–Kier alpha value is 0.200. The normalized spacial score (nSPS) is 7.56. The molecule has 0 aliphatic carbocycles. The lowest BCUT2D eigenvalue weighted by atomic mass is 10.8. The molecule has 0 amide bonds. The van der Waals surface area contributed by atoms with Gasteiger partial charge in [0.05, 0.1) is 0 Å². The maximum atomic E-state index is 6.76. The average molecular weight is 185 g/mol. The topological polar surface area (TPSA) is 49.9 Å². The molecular formula is C4H9ClN2S2. The van der Waals surface area contributed by atoms with Gasteiger partial charge in [0.15, 0.2) is 5.17 Å². The van der Waals surface area contributed by atoms with Crippen molar-refractivity contribution in [2.45, 2.75) is 0 Å². The van der Waals surface area contributed by atoms with E-state index in [0.717, 1.165) is 5.75 Å². The Morgan fingerprint density at radius 3 is 2.67 bits per heavy atom. The van der Waals surface area contributed by atoms with Crippen LogP contribution in [0.15, 0.2) is 12.7 Å². The monoisotopic (exact) mass is 184 g/mol. The van der Waals surface area contributed by atoms with Crippen molar-refractivity contribution in [2.24, 2.45) is 5.73 Å². The highest BCUT2D eigenvalue weighted by molar-refractivity contribution is 8.82. The number of hydrogen-bond donors (Lipinski definition) is 2. The Morgan fingerprint density at radius 1 is 1.78 bits per heavy atom. The Kier molecular flexibility index (Phi) is 10.9. The van der Waals surface area contributed by atoms with E-state index in [2.05, 4.69) is 6.58 Å². The minimum absolute atomic E-state index is 0. The van der Waals surface area contributed by atoms with Gasteiger partial charge in [-0.25, -0.2) is 0 Å². The van der Waals surface area contributed by atoms with Crippen LogP contribution in [-0.4, -0.2) is 10.9 Å². The molecule has 0 aliphatic rings. The summed E-state index contributed by atoms with van der Waals surface area (Å²) >= 11 is 0. The van der Waals surface area contributed by atoms with Crippen molar-refractivity contribution in [2.75, 3.05) is 5.75 Å². The zero-order chi connectivity index (χ0) is 6.41. The molecule has 0 rings (SSSR count). The second kappa shape index (κ2) is 8.20. The lowest BCUT2D eigenvalue weighted by molar-refractivity contribution is 1.51. The molecule has 0 aromatic carbocycles. The third-order valence-electron chi connectivity index (χ3n) is 0.335. The summed E-state index contributed by atoms with van der Waals surface area (Å²) in [5.74, 6) is 0.838. The molecule has 0 aliphatic heterocycles. The van der Waals surface area contributed by atoms with Crippen LogP contribution in [0, 0.1) is 5.41 Å². The maximum Gasteiger partial charge on any atom is 0.161 e. The van der Waals surface area contributed by atoms with Crippen molar-refractivity contribution in [1.82, 2.24) is 0 Å². The summed E-state index contributed by atoms with van der Waals surface area (Å²) in [5.41, 5.74) is 5.02. The molecule has 0 saturated heterocycles. The molecule has 0 atom stereocenters. The van der Waals surface area contributed by atoms with Gasteiger partial charge < -0.3 is 5.73 Å². The first-order valence-electron chi connectivity index (χ1n) is 2.01. The largest absolute Gasteiger partial charge is 0.378 e. The van der Waals surface area contributed by atoms with Gasteiger partial charge in [0.1, 0.15) is 0 Å². The SMILES string of the molecule is C=CCSSC(=N)N.Cl. The summed E-state index contributed by atoms with van der Waals surface area (Å²) in [5, 5.41) is 6.91. The molecule has 0 aromatic heterocycles. The molecule has 0 heterocycles. The second-order valence-electron chi connectivity index (χ2n) is 1.02. The van der Waals surface area contributed by atoms with Gasteiger partial charge in [-0.05, 0) is 10.8 Å². The van der Waals surface area contributed by atoms with E-state index < -0.39 is 0 Å². The highest BCUT2D eigenvalue weighted by atomic mass is 35.5. The molecule has 0 saturated carbocycles. The zero-order valence-corrected chi connectivity index (χ0v) is 7.24. The molecule has 0 unspecified atom stereocenters. The van der Waals surface area contributed by atoms with Crippen LogP contribution in [0.3, 0.4) is 0 Å². The van der Waals surface area contributed by atoms with Gasteiger partial charge in [-0.1, -0.05) is 16.9 Å². The fraction of sp³-hybridized carbons (Fsp3) is 0.250. The zero-order valence-electron chi connectivity index (χ0n) is 4.79. The third kappa shape index (κ3) is 11.7. The molecular weight excluding hydrogens is 176 g/mol. The Morgan fingerprint density at radius 2 is 2.33 bits per heavy atom. The first kappa shape index (κ1) is 11.9. The predicted octanol–water partition coefficient (Wildman–Crippen LogP) is 1.87. The van der Waals surface area contributed by atoms with E-state index in [9.17, 15) is 0 Å². The van der Waals surface area contributed by atoms with Gasteiger partial charge in [0.2, 0.25) is 0 Å². The number of amidine groups is 1. The second-order valence-corrected chi connectivity index (χ2v) is 3.40. The van der Waals surface area contributed by atoms with Crippen LogP contribution >= 0.6 is 34.0 Å². The number of halogens is 1. The van der Waals surface area contributed by atoms with E-state index in [-0.39, 0.29) is 17.6 Å². The summed E-state index contributed by atoms with van der Waals surface area (Å²) < 4.78 is 0. The number of nitrogens with one attached hydrogen (secondary N) is 1. The van der Waals surface area contributed by atoms with E-state index in [1.54, 1.807) is 6.08 Å². The lowest BCUT2D eigenvalue weighted by Crippen LogP contribution is -2.00. The molecule has 0 bridgehead atoms. The fourth-order valence-corrected chi connectivity index (χ4v) is 1.31. The molecule has 0 spiro atoms. The lowest BCUT2D eigenvalue weighted by Gasteiger charge is -1.90. The van der Waals surface area contributed by atoms with E-state index in [1.807, 2.05) is 0 Å². The Balaban J connectivity index is 0. The number of rotatable bonds is 3. The van der Waals surface area contributed by atoms with E-state index >= 15 is 0 Å². The highest BCUT2D eigenvalue weighted by Crippen LogP contribution is 2.19. The van der Waals surface area contributed by atoms with Crippen molar-refractivity contribution < 1.29 is 0 Å². The molecule has 54 valence electrons. The van der Waals surface area contributed by atoms with Gasteiger partial charge in [-0.15, -0.1) is 19.0 Å². The van der Waals surface area contributed by atoms with E-state index in [1.165, 1.54) is 21.6 Å². The van der Waals surface area contributed by atoms with Crippen molar-refractivity contribution in [3.63, 3.8) is 0 Å². The van der Waals surface area contributed by atoms with Crippen LogP contribution in [0.1, 0.15) is 0 Å². The molecule has 5 heteroatoms. The molecule has 2 nitrogen and oxygen atoms in total. The van der Waals surface area contributed by atoms with Crippen molar-refractivity contribution in [1.29, 1.82) is 5.41 Å². The van der Waals surface area contributed by atoms with Crippen LogP contribution in [0.5, 0.6) is 0 Å². The number of nitrogens with two attached hydrogens (primary N) is 1. The standard InChI is InChI=1S/C4H8N2S2.ClH/c1-2-3-7-8-4(5)6;/h2H,1,3H2,(H3,5,6);1H. The third-order valence-corrected chi connectivity index (χ3v) is 2.30. The van der Waals surface area contributed by atoms with Crippen molar-refractivity contribution >= 4 is 39.2 Å². The molecule has 0 fully saturated rings. The molecule has 3 N–H and O–H groups in total. The minimum Gasteiger partial charge on any atom is -0.378 e. The van der Waals surface area contributed by atoms with Crippen LogP contribution in [-0.2, 0) is 0 Å². The van der Waals surface area contributed by atoms with Crippen molar-refractivity contribution in [3.05, 3.63) is 12.7 Å². The quantitative estimate of drug-likeness (QED) is 0.232. The summed E-state index contributed by atoms with van der Waals surface area (Å²) in [6, 6.07) is 0. The van der Waals surface area contributed by atoms with Crippen LogP contribution in [0.4, 0.5) is 0 Å². The summed E-state index contributed by atoms with van der Waals surface area (Å²) in [7, 11) is 2.77. The smallest absolute Gasteiger partial charge is 0.161 e. The van der Waals surface area contributed by atoms with Gasteiger partial charge in [0, 0.05) is 5.75 Å². The highest BCUT2D eigenvalue weighted by Gasteiger charge is 1.86. The predicted molar refractivity (Wildman–Crippen MR) is 49.4 cm³/mol. The first-order chi connectivity index (χ1) is 3.77. The van der Waals surface area contributed by atoms with Gasteiger partial charge in [-0.2, -0.15) is 0 Å². The van der Waals surface area contributed by atoms with Crippen LogP contribution < -0.4 is 5.73 Å². The number of hydrogen-bond acceptors (Lipinski definition) is 3. The first-order valence-corrected chi connectivity index (χ1v) is 4.33. The summed E-state index contributed by atoms with van der Waals surface area (Å²) in [6.07, 6.45) is 1.78. The maximum absolute atomic E-state index is 6.76. The van der Waals surface area contributed by atoms with Gasteiger partial charge in [-0.3, -0.25) is 5.41 Å². The van der Waals surface area contributed by atoms with E-state index in [4.69, 9.17) is 11.1 Å². The minimum atomic E-state index is 0. The molecule has 0 aromatic rings.